The number of hydrogen-bond donors (Lipinski definition) is 1. The number of nitriles is 1. The molecule has 1 N–H and O–H groups in total. The fraction of sp³-hybridized carbons (Fsp3) is 0.147. The first-order valence-corrected chi connectivity index (χ1v) is 14.1. The van der Waals surface area contributed by atoms with E-state index in [-0.39, 0.29) is 34.7 Å². The molecule has 6 aromatic rings. The molecule has 0 unspecified atom stereocenters. The van der Waals surface area contributed by atoms with E-state index in [1.54, 1.807) is 48.7 Å². The Hall–Kier alpha value is -5.89. The van der Waals surface area contributed by atoms with Gasteiger partial charge in [-0.2, -0.15) is 10.4 Å². The number of carboxylic acids is 1. The van der Waals surface area contributed by atoms with Crippen LogP contribution >= 0.6 is 0 Å². The van der Waals surface area contributed by atoms with Crippen molar-refractivity contribution in [3.8, 4) is 23.2 Å². The second kappa shape index (κ2) is 12.4. The van der Waals surface area contributed by atoms with E-state index < -0.39 is 17.6 Å². The number of rotatable bonds is 10. The summed E-state index contributed by atoms with van der Waals surface area (Å²) in [4.78, 5) is 20.9. The van der Waals surface area contributed by atoms with Gasteiger partial charge in [0.15, 0.2) is 0 Å². The molecule has 0 radical (unpaired) electrons. The van der Waals surface area contributed by atoms with Crippen molar-refractivity contribution in [2.75, 3.05) is 0 Å². The number of benzene rings is 3. The third-order valence-electron chi connectivity index (χ3n) is 7.45. The summed E-state index contributed by atoms with van der Waals surface area (Å²) in [5.41, 5.74) is 4.12. The van der Waals surface area contributed by atoms with E-state index in [9.17, 15) is 14.3 Å². The first-order chi connectivity index (χ1) is 21.8. The predicted molar refractivity (Wildman–Crippen MR) is 162 cm³/mol. The fourth-order valence-corrected chi connectivity index (χ4v) is 5.15. The molecule has 0 amide bonds. The minimum Gasteiger partial charge on any atom is -0.478 e. The van der Waals surface area contributed by atoms with Crippen LogP contribution in [0.2, 0.25) is 0 Å². The number of pyridine rings is 1. The van der Waals surface area contributed by atoms with Crippen LogP contribution in [0.1, 0.15) is 45.5 Å². The lowest BCUT2D eigenvalue weighted by atomic mass is 10.1. The van der Waals surface area contributed by atoms with Crippen molar-refractivity contribution in [1.29, 1.82) is 5.26 Å². The van der Waals surface area contributed by atoms with E-state index in [4.69, 9.17) is 15.0 Å². The number of hydrogen-bond acceptors (Lipinski definition) is 6. The summed E-state index contributed by atoms with van der Waals surface area (Å²) in [6.45, 7) is 2.96. The zero-order chi connectivity index (χ0) is 31.5. The number of nitrogens with zero attached hydrogens (tertiary/aromatic N) is 6. The highest BCUT2D eigenvalue weighted by molar-refractivity contribution is 5.92. The fourth-order valence-electron chi connectivity index (χ4n) is 5.15. The topological polar surface area (TPSA) is 119 Å². The molecule has 0 saturated carbocycles. The van der Waals surface area contributed by atoms with Crippen molar-refractivity contribution in [2.45, 2.75) is 33.0 Å². The van der Waals surface area contributed by atoms with Gasteiger partial charge in [0, 0.05) is 36.4 Å². The summed E-state index contributed by atoms with van der Waals surface area (Å²) >= 11 is 0. The monoisotopic (exact) mass is 604 g/mol. The maximum atomic E-state index is 15.5. The molecule has 0 aliphatic carbocycles. The van der Waals surface area contributed by atoms with Gasteiger partial charge < -0.3 is 14.4 Å². The van der Waals surface area contributed by atoms with Crippen LogP contribution in [0.3, 0.4) is 0 Å². The molecule has 45 heavy (non-hydrogen) atoms. The maximum Gasteiger partial charge on any atom is 0.335 e. The van der Waals surface area contributed by atoms with Gasteiger partial charge in [-0.05, 0) is 67.1 Å². The standard InChI is InChI=1S/C34H26F2N6O3/c1-2-42-25(12-13-38-42)19-41-31-17-23(34(43)44)9-11-30(31)39-32(41)16-21-7-10-26(28(36)14-21)29-4-3-5-33(40-29)45-20-24-8-6-22(18-37)15-27(24)35/h3-15,17H,2,16,19-20H2,1H3,(H,43,44). The van der Waals surface area contributed by atoms with Crippen LogP contribution in [0.15, 0.2) is 85.1 Å². The first kappa shape index (κ1) is 29.2. The highest BCUT2D eigenvalue weighted by atomic mass is 19.1. The summed E-state index contributed by atoms with van der Waals surface area (Å²) in [5, 5.41) is 22.8. The highest BCUT2D eigenvalue weighted by Gasteiger charge is 2.17. The molecule has 11 heteroatoms. The number of aromatic carboxylic acids is 1. The van der Waals surface area contributed by atoms with Gasteiger partial charge in [-0.25, -0.2) is 23.5 Å². The summed E-state index contributed by atoms with van der Waals surface area (Å²) < 4.78 is 39.3. The molecule has 0 bridgehead atoms. The Morgan fingerprint density at radius 1 is 1.00 bits per heavy atom. The third-order valence-corrected chi connectivity index (χ3v) is 7.45. The summed E-state index contributed by atoms with van der Waals surface area (Å²) in [5.74, 6) is -1.24. The number of imidazole rings is 1. The minimum absolute atomic E-state index is 0.108. The van der Waals surface area contributed by atoms with Gasteiger partial charge >= 0.3 is 5.97 Å². The second-order valence-corrected chi connectivity index (χ2v) is 10.3. The number of carbonyl (C=O) groups is 1. The van der Waals surface area contributed by atoms with Crippen LogP contribution in [0.4, 0.5) is 8.78 Å². The first-order valence-electron chi connectivity index (χ1n) is 14.1. The van der Waals surface area contributed by atoms with Crippen LogP contribution in [0, 0.1) is 23.0 Å². The Balaban J connectivity index is 1.26. The summed E-state index contributed by atoms with van der Waals surface area (Å²) in [6.07, 6.45) is 2.01. The highest BCUT2D eigenvalue weighted by Crippen LogP contribution is 2.27. The molecule has 0 aliphatic rings. The number of aromatic nitrogens is 5. The van der Waals surface area contributed by atoms with Gasteiger partial charge in [0.2, 0.25) is 5.88 Å². The Morgan fingerprint density at radius 2 is 1.87 bits per heavy atom. The van der Waals surface area contributed by atoms with E-state index in [1.807, 2.05) is 28.3 Å². The molecule has 3 aromatic carbocycles. The van der Waals surface area contributed by atoms with Crippen molar-refractivity contribution in [2.24, 2.45) is 0 Å². The van der Waals surface area contributed by atoms with E-state index >= 15 is 4.39 Å². The van der Waals surface area contributed by atoms with Crippen LogP contribution in [0.25, 0.3) is 22.3 Å². The molecular formula is C34H26F2N6O3. The smallest absolute Gasteiger partial charge is 0.335 e. The largest absolute Gasteiger partial charge is 0.478 e. The number of fused-ring (bicyclic) bond motifs is 1. The van der Waals surface area contributed by atoms with Crippen molar-refractivity contribution in [3.05, 3.63) is 130 Å². The van der Waals surface area contributed by atoms with Crippen molar-refractivity contribution >= 4 is 17.0 Å². The van der Waals surface area contributed by atoms with Crippen LogP contribution < -0.4 is 4.74 Å². The quantitative estimate of drug-likeness (QED) is 0.193. The molecule has 0 aliphatic heterocycles. The normalized spacial score (nSPS) is 11.1. The van der Waals surface area contributed by atoms with Gasteiger partial charge in [-0.15, -0.1) is 0 Å². The maximum absolute atomic E-state index is 15.5. The molecule has 0 saturated heterocycles. The van der Waals surface area contributed by atoms with Crippen molar-refractivity contribution < 1.29 is 23.4 Å². The number of halogens is 2. The Kier molecular flexibility index (Phi) is 8.03. The van der Waals surface area contributed by atoms with Crippen LogP contribution in [0.5, 0.6) is 5.88 Å². The molecule has 3 heterocycles. The van der Waals surface area contributed by atoms with Crippen LogP contribution in [-0.4, -0.2) is 35.4 Å². The second-order valence-electron chi connectivity index (χ2n) is 10.3. The Morgan fingerprint density at radius 3 is 2.62 bits per heavy atom. The number of aryl methyl sites for hydroxylation is 1. The molecule has 0 fully saturated rings. The van der Waals surface area contributed by atoms with E-state index in [2.05, 4.69) is 10.1 Å². The molecule has 3 aromatic heterocycles. The molecule has 0 atom stereocenters. The Bertz CT molecular complexity index is 2100. The number of ether oxygens (including phenoxy) is 1. The van der Waals surface area contributed by atoms with Gasteiger partial charge in [0.25, 0.3) is 0 Å². The van der Waals surface area contributed by atoms with E-state index in [0.29, 0.717) is 47.6 Å². The van der Waals surface area contributed by atoms with Gasteiger partial charge in [-0.1, -0.05) is 18.2 Å². The zero-order valence-electron chi connectivity index (χ0n) is 24.1. The summed E-state index contributed by atoms with van der Waals surface area (Å²) in [7, 11) is 0. The predicted octanol–water partition coefficient (Wildman–Crippen LogP) is 6.38. The van der Waals surface area contributed by atoms with Gasteiger partial charge in [0.1, 0.15) is 24.1 Å². The number of carboxylic acid groups (broad SMARTS) is 1. The lowest BCUT2D eigenvalue weighted by Gasteiger charge is -2.12. The van der Waals surface area contributed by atoms with Gasteiger partial charge in [0.05, 0.1) is 46.2 Å². The molecule has 224 valence electrons. The molecular weight excluding hydrogens is 578 g/mol. The average molecular weight is 605 g/mol. The average Bonchev–Trinajstić information content (AvgIpc) is 3.64. The van der Waals surface area contributed by atoms with Gasteiger partial charge in [-0.3, -0.25) is 4.68 Å². The SMILES string of the molecule is CCn1nccc1Cn1c(Cc2ccc(-c3cccc(OCc4ccc(C#N)cc4F)n3)c(F)c2)nc2ccc(C(=O)O)cc21. The van der Waals surface area contributed by atoms with E-state index in [0.717, 1.165) is 11.8 Å². The third kappa shape index (κ3) is 6.12. The lowest BCUT2D eigenvalue weighted by molar-refractivity contribution is 0.0697. The van der Waals surface area contributed by atoms with Crippen molar-refractivity contribution in [1.82, 2.24) is 24.3 Å². The molecule has 9 nitrogen and oxygen atoms in total. The minimum atomic E-state index is -1.04. The molecule has 0 spiro atoms. The lowest BCUT2D eigenvalue weighted by Crippen LogP contribution is -2.11. The Labute approximate surface area is 256 Å². The molecule has 6 rings (SSSR count). The zero-order valence-corrected chi connectivity index (χ0v) is 24.1. The van der Waals surface area contributed by atoms with E-state index in [1.165, 1.54) is 24.3 Å². The van der Waals surface area contributed by atoms with Crippen LogP contribution in [-0.2, 0) is 26.1 Å². The summed E-state index contributed by atoms with van der Waals surface area (Å²) in [6, 6.07) is 22.5. The van der Waals surface area contributed by atoms with Crippen molar-refractivity contribution in [3.63, 3.8) is 0 Å².